The fraction of sp³-hybridized carbons (Fsp3) is 0.870. The Morgan fingerprint density at radius 1 is 1.07 bits per heavy atom. The summed E-state index contributed by atoms with van der Waals surface area (Å²) >= 11 is 0. The van der Waals surface area contributed by atoms with Crippen molar-refractivity contribution in [1.82, 2.24) is 9.80 Å². The molecule has 162 valence electrons. The molecule has 0 radical (unpaired) electrons. The second kappa shape index (κ2) is 8.65. The normalized spacial score (nSPS) is 31.3. The average Bonchev–Trinajstić information content (AvgIpc) is 3.52. The highest BCUT2D eigenvalue weighted by Gasteiger charge is 2.48. The Bertz CT molecular complexity index is 653. The number of nitrogens with two attached hydrogens (primary N) is 1. The predicted octanol–water partition coefficient (Wildman–Crippen LogP) is 3.30. The lowest BCUT2D eigenvalue weighted by atomic mass is 9.77. The van der Waals surface area contributed by atoms with E-state index < -0.39 is 5.54 Å². The van der Waals surface area contributed by atoms with E-state index in [1.165, 1.54) is 44.9 Å². The van der Waals surface area contributed by atoms with E-state index in [1.54, 1.807) is 11.9 Å². The van der Waals surface area contributed by atoms with Crippen LogP contribution >= 0.6 is 0 Å². The van der Waals surface area contributed by atoms with Crippen molar-refractivity contribution in [3.8, 4) is 0 Å². The predicted molar refractivity (Wildman–Crippen MR) is 114 cm³/mol. The maximum absolute atomic E-state index is 13.2. The van der Waals surface area contributed by atoms with E-state index in [0.29, 0.717) is 30.1 Å². The lowest BCUT2D eigenvalue weighted by Crippen LogP contribution is -2.47. The number of likely N-dealkylation sites (N-methyl/N-ethyl adjacent to an activating group) is 1. The van der Waals surface area contributed by atoms with Crippen LogP contribution in [0.2, 0.25) is 0 Å². The molecule has 2 saturated carbocycles. The van der Waals surface area contributed by atoms with Crippen molar-refractivity contribution in [3.63, 3.8) is 0 Å². The molecule has 4 rings (SSSR count). The van der Waals surface area contributed by atoms with E-state index in [9.17, 15) is 9.59 Å². The van der Waals surface area contributed by atoms with Crippen LogP contribution in [0.15, 0.2) is 4.99 Å². The van der Waals surface area contributed by atoms with Gasteiger partial charge in [-0.3, -0.25) is 14.5 Å². The van der Waals surface area contributed by atoms with Crippen molar-refractivity contribution < 1.29 is 9.59 Å². The van der Waals surface area contributed by atoms with Crippen LogP contribution in [0.1, 0.15) is 83.5 Å². The lowest BCUT2D eigenvalue weighted by Gasteiger charge is -2.37. The first kappa shape index (κ1) is 20.7. The molecule has 2 heterocycles. The first-order valence-corrected chi connectivity index (χ1v) is 11.9. The first-order chi connectivity index (χ1) is 14.0. The van der Waals surface area contributed by atoms with E-state index >= 15 is 0 Å². The van der Waals surface area contributed by atoms with Crippen molar-refractivity contribution in [2.24, 2.45) is 28.5 Å². The molecule has 1 saturated heterocycles. The number of likely N-dealkylation sites (tertiary alicyclic amines) is 1. The number of amides is 2. The van der Waals surface area contributed by atoms with Gasteiger partial charge in [0.1, 0.15) is 5.54 Å². The van der Waals surface area contributed by atoms with Gasteiger partial charge in [0, 0.05) is 26.6 Å². The summed E-state index contributed by atoms with van der Waals surface area (Å²) in [6, 6.07) is 0. The summed E-state index contributed by atoms with van der Waals surface area (Å²) in [5.41, 5.74) is 5.38. The van der Waals surface area contributed by atoms with E-state index in [2.05, 4.69) is 4.90 Å². The highest BCUT2D eigenvalue weighted by atomic mass is 16.2. The Balaban J connectivity index is 1.42. The van der Waals surface area contributed by atoms with E-state index in [1.807, 2.05) is 0 Å². The van der Waals surface area contributed by atoms with Crippen molar-refractivity contribution in [1.29, 1.82) is 0 Å². The third-order valence-electron chi connectivity index (χ3n) is 7.72. The number of carbonyl (C=O) groups is 2. The Labute approximate surface area is 175 Å². The summed E-state index contributed by atoms with van der Waals surface area (Å²) in [4.78, 5) is 34.2. The summed E-state index contributed by atoms with van der Waals surface area (Å²) in [5.74, 6) is 2.41. The number of nitrogens with zero attached hydrogens (tertiary/aromatic N) is 3. The van der Waals surface area contributed by atoms with Gasteiger partial charge < -0.3 is 10.6 Å². The van der Waals surface area contributed by atoms with Gasteiger partial charge in [-0.1, -0.05) is 32.1 Å². The van der Waals surface area contributed by atoms with Gasteiger partial charge in [-0.05, 0) is 62.7 Å². The van der Waals surface area contributed by atoms with Crippen LogP contribution in [0.4, 0.5) is 0 Å². The van der Waals surface area contributed by atoms with Crippen molar-refractivity contribution >= 4 is 17.8 Å². The molecule has 0 spiro atoms. The Hall–Kier alpha value is -1.59. The van der Waals surface area contributed by atoms with Gasteiger partial charge in [-0.25, -0.2) is 4.99 Å². The van der Waals surface area contributed by atoms with E-state index in [0.717, 1.165) is 51.1 Å². The Morgan fingerprint density at radius 2 is 1.79 bits per heavy atom. The van der Waals surface area contributed by atoms with Gasteiger partial charge >= 0.3 is 0 Å². The van der Waals surface area contributed by atoms with Gasteiger partial charge in [0.2, 0.25) is 5.91 Å². The Kier molecular flexibility index (Phi) is 6.16. The average molecular weight is 403 g/mol. The van der Waals surface area contributed by atoms with Gasteiger partial charge in [0.15, 0.2) is 5.96 Å². The lowest BCUT2D eigenvalue weighted by molar-refractivity contribution is -0.134. The fourth-order valence-corrected chi connectivity index (χ4v) is 5.71. The second-order valence-corrected chi connectivity index (χ2v) is 10.1. The van der Waals surface area contributed by atoms with Crippen LogP contribution < -0.4 is 5.73 Å². The maximum Gasteiger partial charge on any atom is 0.257 e. The van der Waals surface area contributed by atoms with Gasteiger partial charge in [0.25, 0.3) is 5.91 Å². The molecule has 3 fully saturated rings. The van der Waals surface area contributed by atoms with Gasteiger partial charge in [-0.2, -0.15) is 0 Å². The minimum Gasteiger partial charge on any atom is -0.369 e. The molecule has 4 aliphatic rings. The van der Waals surface area contributed by atoms with Crippen molar-refractivity contribution in [2.45, 2.75) is 89.0 Å². The zero-order valence-corrected chi connectivity index (χ0v) is 18.1. The SMILES string of the molecule is CN1C(=O)[C@](CCC2CCCCC2)(C[C@H]2CCCN(C(=O)CC3CC3)C2)N=C1N. The zero-order valence-electron chi connectivity index (χ0n) is 18.1. The number of aliphatic imine (C=N–C) groups is 1. The van der Waals surface area contributed by atoms with Crippen LogP contribution in [0, 0.1) is 17.8 Å². The third-order valence-corrected chi connectivity index (χ3v) is 7.72. The van der Waals surface area contributed by atoms with Crippen LogP contribution in [0.5, 0.6) is 0 Å². The summed E-state index contributed by atoms with van der Waals surface area (Å²) < 4.78 is 0. The van der Waals surface area contributed by atoms with Gasteiger partial charge in [-0.15, -0.1) is 0 Å². The summed E-state index contributed by atoms with van der Waals surface area (Å²) in [6.45, 7) is 1.65. The number of carbonyl (C=O) groups excluding carboxylic acids is 2. The maximum atomic E-state index is 13.2. The van der Waals surface area contributed by atoms with Crippen LogP contribution in [0.3, 0.4) is 0 Å². The number of rotatable bonds is 7. The topological polar surface area (TPSA) is 79.0 Å². The number of hydrogen-bond donors (Lipinski definition) is 1. The molecule has 6 heteroatoms. The van der Waals surface area contributed by atoms with Gasteiger partial charge in [0.05, 0.1) is 0 Å². The zero-order chi connectivity index (χ0) is 20.4. The molecule has 0 unspecified atom stereocenters. The molecular weight excluding hydrogens is 364 g/mol. The number of piperidine rings is 1. The summed E-state index contributed by atoms with van der Waals surface area (Å²) in [7, 11) is 1.75. The minimum absolute atomic E-state index is 0.0623. The molecule has 0 aromatic heterocycles. The van der Waals surface area contributed by atoms with Crippen LogP contribution in [-0.2, 0) is 9.59 Å². The van der Waals surface area contributed by atoms with Crippen LogP contribution in [-0.4, -0.2) is 53.2 Å². The quantitative estimate of drug-likeness (QED) is 0.709. The summed E-state index contributed by atoms with van der Waals surface area (Å²) in [6.07, 6.45) is 14.4. The standard InChI is InChI=1S/C23H38N4O2/c1-26-21(29)23(25-22(26)24,12-11-17-6-3-2-4-7-17)15-19-8-5-13-27(16-19)20(28)14-18-9-10-18/h17-19H,2-16H2,1H3,(H2,24,25)/t19-,23+/m1/s1. The largest absolute Gasteiger partial charge is 0.369 e. The highest BCUT2D eigenvalue weighted by Crippen LogP contribution is 2.39. The molecule has 2 N–H and O–H groups in total. The number of hydrogen-bond acceptors (Lipinski definition) is 4. The third kappa shape index (κ3) is 4.77. The molecule has 2 atom stereocenters. The molecule has 2 aliphatic heterocycles. The molecule has 2 aliphatic carbocycles. The first-order valence-electron chi connectivity index (χ1n) is 11.9. The second-order valence-electron chi connectivity index (χ2n) is 10.1. The molecule has 29 heavy (non-hydrogen) atoms. The highest BCUT2D eigenvalue weighted by molar-refractivity contribution is 6.06. The molecule has 0 aromatic carbocycles. The van der Waals surface area contributed by atoms with E-state index in [4.69, 9.17) is 10.7 Å². The fourth-order valence-electron chi connectivity index (χ4n) is 5.71. The molecule has 0 aromatic rings. The van der Waals surface area contributed by atoms with E-state index in [-0.39, 0.29) is 5.91 Å². The number of guanidine groups is 1. The monoisotopic (exact) mass is 402 g/mol. The molecule has 0 bridgehead atoms. The molecular formula is C23H38N4O2. The Morgan fingerprint density at radius 3 is 2.45 bits per heavy atom. The molecule has 2 amide bonds. The molecule has 6 nitrogen and oxygen atoms in total. The summed E-state index contributed by atoms with van der Waals surface area (Å²) in [5, 5.41) is 0. The van der Waals surface area contributed by atoms with Crippen molar-refractivity contribution in [2.75, 3.05) is 20.1 Å². The van der Waals surface area contributed by atoms with Crippen molar-refractivity contribution in [3.05, 3.63) is 0 Å². The smallest absolute Gasteiger partial charge is 0.257 e. The van der Waals surface area contributed by atoms with Crippen LogP contribution in [0.25, 0.3) is 0 Å². The minimum atomic E-state index is -0.705.